The van der Waals surface area contributed by atoms with Gasteiger partial charge in [-0.05, 0) is 57.9 Å². The van der Waals surface area contributed by atoms with Crippen molar-refractivity contribution in [2.75, 3.05) is 25.0 Å². The molecule has 0 aliphatic carbocycles. The Kier molecular flexibility index (Phi) is 6.63. The minimum Gasteiger partial charge on any atom is -0.466 e. The first-order valence-corrected chi connectivity index (χ1v) is 8.77. The normalized spacial score (nSPS) is 19.6. The summed E-state index contributed by atoms with van der Waals surface area (Å²) < 4.78 is 5.11. The molecular weight excluding hydrogens is 328 g/mol. The summed E-state index contributed by atoms with van der Waals surface area (Å²) in [4.78, 5) is 26.6. The Hall–Kier alpha value is -1.59. The van der Waals surface area contributed by atoms with E-state index in [1.807, 2.05) is 31.7 Å². The number of nitrogens with zero attached hydrogens (tertiary/aromatic N) is 1. The Morgan fingerprint density at radius 1 is 1.46 bits per heavy atom. The highest BCUT2D eigenvalue weighted by atomic mass is 35.5. The SMILES string of the molecule is CCOC(=O)C1CCCN(C(C)C(=O)Nc2cc(Cl)ccc2C)C1. The summed E-state index contributed by atoms with van der Waals surface area (Å²) in [5, 5.41) is 3.52. The van der Waals surface area contributed by atoms with Crippen LogP contribution >= 0.6 is 11.6 Å². The molecule has 5 nitrogen and oxygen atoms in total. The Morgan fingerprint density at radius 3 is 2.92 bits per heavy atom. The molecule has 24 heavy (non-hydrogen) atoms. The van der Waals surface area contributed by atoms with Crippen LogP contribution in [0, 0.1) is 12.8 Å². The average Bonchev–Trinajstić information content (AvgIpc) is 2.57. The van der Waals surface area contributed by atoms with E-state index in [0.717, 1.165) is 30.6 Å². The van der Waals surface area contributed by atoms with Crippen LogP contribution in [-0.2, 0) is 14.3 Å². The number of anilines is 1. The number of rotatable bonds is 5. The van der Waals surface area contributed by atoms with Crippen molar-refractivity contribution < 1.29 is 14.3 Å². The van der Waals surface area contributed by atoms with E-state index in [1.165, 1.54) is 0 Å². The van der Waals surface area contributed by atoms with Crippen LogP contribution in [-0.4, -0.2) is 42.5 Å². The summed E-state index contributed by atoms with van der Waals surface area (Å²) in [5.41, 5.74) is 1.68. The standard InChI is InChI=1S/C18H25ClN2O3/c1-4-24-18(23)14-6-5-9-21(11-14)13(3)17(22)20-16-10-15(19)8-7-12(16)2/h7-8,10,13-14H,4-6,9,11H2,1-3H3,(H,20,22). The van der Waals surface area contributed by atoms with E-state index in [-0.39, 0.29) is 23.8 Å². The molecule has 1 aromatic carbocycles. The number of benzene rings is 1. The molecule has 0 aromatic heterocycles. The number of halogens is 1. The third-order valence-electron chi connectivity index (χ3n) is 4.46. The minimum atomic E-state index is -0.319. The van der Waals surface area contributed by atoms with Crippen molar-refractivity contribution in [2.45, 2.75) is 39.7 Å². The molecule has 1 fully saturated rings. The topological polar surface area (TPSA) is 58.6 Å². The summed E-state index contributed by atoms with van der Waals surface area (Å²) in [6, 6.07) is 5.10. The number of piperidine rings is 1. The molecule has 1 aliphatic heterocycles. The number of carbonyl (C=O) groups is 2. The van der Waals surface area contributed by atoms with E-state index in [4.69, 9.17) is 16.3 Å². The number of hydrogen-bond donors (Lipinski definition) is 1. The maximum absolute atomic E-state index is 12.6. The molecule has 2 unspecified atom stereocenters. The quantitative estimate of drug-likeness (QED) is 0.826. The fourth-order valence-electron chi connectivity index (χ4n) is 2.94. The van der Waals surface area contributed by atoms with Gasteiger partial charge in [0.25, 0.3) is 0 Å². The maximum atomic E-state index is 12.6. The molecule has 0 saturated carbocycles. The third kappa shape index (κ3) is 4.71. The second-order valence-corrected chi connectivity index (χ2v) is 6.65. The van der Waals surface area contributed by atoms with Gasteiger partial charge in [-0.3, -0.25) is 14.5 Å². The molecule has 0 radical (unpaired) electrons. The number of carbonyl (C=O) groups excluding carboxylic acids is 2. The number of aryl methyl sites for hydroxylation is 1. The van der Waals surface area contributed by atoms with Crippen LogP contribution in [0.25, 0.3) is 0 Å². The Morgan fingerprint density at radius 2 is 2.21 bits per heavy atom. The van der Waals surface area contributed by atoms with Gasteiger partial charge in [0.2, 0.25) is 5.91 Å². The summed E-state index contributed by atoms with van der Waals surface area (Å²) in [5.74, 6) is -0.410. The fourth-order valence-corrected chi connectivity index (χ4v) is 3.11. The zero-order chi connectivity index (χ0) is 17.7. The molecule has 1 saturated heterocycles. The van der Waals surface area contributed by atoms with Gasteiger partial charge in [0.15, 0.2) is 0 Å². The molecular formula is C18H25ClN2O3. The zero-order valence-electron chi connectivity index (χ0n) is 14.5. The van der Waals surface area contributed by atoms with Gasteiger partial charge in [0.1, 0.15) is 0 Å². The number of ether oxygens (including phenoxy) is 1. The van der Waals surface area contributed by atoms with E-state index in [2.05, 4.69) is 5.32 Å². The van der Waals surface area contributed by atoms with Crippen molar-refractivity contribution in [3.05, 3.63) is 28.8 Å². The van der Waals surface area contributed by atoms with Gasteiger partial charge < -0.3 is 10.1 Å². The smallest absolute Gasteiger partial charge is 0.310 e. The second kappa shape index (κ2) is 8.49. The van der Waals surface area contributed by atoms with Crippen LogP contribution in [0.4, 0.5) is 5.69 Å². The number of esters is 1. The van der Waals surface area contributed by atoms with Crippen LogP contribution < -0.4 is 5.32 Å². The first kappa shape index (κ1) is 18.7. The largest absolute Gasteiger partial charge is 0.466 e. The molecule has 1 amide bonds. The molecule has 1 aromatic rings. The highest BCUT2D eigenvalue weighted by molar-refractivity contribution is 6.31. The predicted molar refractivity (Wildman–Crippen MR) is 95.2 cm³/mol. The van der Waals surface area contributed by atoms with Gasteiger partial charge in [-0.2, -0.15) is 0 Å². The van der Waals surface area contributed by atoms with Crippen molar-refractivity contribution >= 4 is 29.2 Å². The fraction of sp³-hybridized carbons (Fsp3) is 0.556. The first-order valence-electron chi connectivity index (χ1n) is 8.40. The van der Waals surface area contributed by atoms with Crippen molar-refractivity contribution in [2.24, 2.45) is 5.92 Å². The molecule has 132 valence electrons. The molecule has 6 heteroatoms. The van der Waals surface area contributed by atoms with Crippen LogP contribution in [0.5, 0.6) is 0 Å². The van der Waals surface area contributed by atoms with E-state index >= 15 is 0 Å². The molecule has 0 bridgehead atoms. The van der Waals surface area contributed by atoms with Crippen LogP contribution in [0.3, 0.4) is 0 Å². The lowest BCUT2D eigenvalue weighted by atomic mass is 9.97. The molecule has 1 N–H and O–H groups in total. The van der Waals surface area contributed by atoms with Gasteiger partial charge in [0, 0.05) is 17.3 Å². The average molecular weight is 353 g/mol. The highest BCUT2D eigenvalue weighted by Crippen LogP contribution is 2.23. The molecule has 0 spiro atoms. The van der Waals surface area contributed by atoms with E-state index < -0.39 is 0 Å². The predicted octanol–water partition coefficient (Wildman–Crippen LogP) is 3.25. The Bertz CT molecular complexity index is 606. The first-order chi connectivity index (χ1) is 11.4. The summed E-state index contributed by atoms with van der Waals surface area (Å²) in [6.07, 6.45) is 1.70. The Balaban J connectivity index is 1.99. The summed E-state index contributed by atoms with van der Waals surface area (Å²) in [6.45, 7) is 7.35. The van der Waals surface area contributed by atoms with Crippen molar-refractivity contribution in [1.82, 2.24) is 4.90 Å². The number of hydrogen-bond acceptors (Lipinski definition) is 4. The van der Waals surface area contributed by atoms with E-state index in [0.29, 0.717) is 18.2 Å². The van der Waals surface area contributed by atoms with Crippen molar-refractivity contribution in [1.29, 1.82) is 0 Å². The molecule has 1 aliphatic rings. The maximum Gasteiger partial charge on any atom is 0.310 e. The van der Waals surface area contributed by atoms with Gasteiger partial charge in [-0.25, -0.2) is 0 Å². The molecule has 2 rings (SSSR count). The lowest BCUT2D eigenvalue weighted by molar-refractivity contribution is -0.150. The number of amides is 1. The third-order valence-corrected chi connectivity index (χ3v) is 4.69. The number of nitrogens with one attached hydrogen (secondary N) is 1. The summed E-state index contributed by atoms with van der Waals surface area (Å²) >= 11 is 6.00. The van der Waals surface area contributed by atoms with Crippen molar-refractivity contribution in [3.8, 4) is 0 Å². The summed E-state index contributed by atoms with van der Waals surface area (Å²) in [7, 11) is 0. The lowest BCUT2D eigenvalue weighted by Gasteiger charge is -2.35. The minimum absolute atomic E-state index is 0.0927. The zero-order valence-corrected chi connectivity index (χ0v) is 15.2. The van der Waals surface area contributed by atoms with E-state index in [9.17, 15) is 9.59 Å². The highest BCUT2D eigenvalue weighted by Gasteiger charge is 2.31. The van der Waals surface area contributed by atoms with Crippen LogP contribution in [0.15, 0.2) is 18.2 Å². The Labute approximate surface area is 148 Å². The lowest BCUT2D eigenvalue weighted by Crippen LogP contribution is -2.48. The molecule has 1 heterocycles. The number of likely N-dealkylation sites (tertiary alicyclic amines) is 1. The second-order valence-electron chi connectivity index (χ2n) is 6.21. The van der Waals surface area contributed by atoms with Gasteiger partial charge in [-0.1, -0.05) is 17.7 Å². The van der Waals surface area contributed by atoms with Gasteiger partial charge in [0.05, 0.1) is 18.6 Å². The van der Waals surface area contributed by atoms with Crippen molar-refractivity contribution in [3.63, 3.8) is 0 Å². The monoisotopic (exact) mass is 352 g/mol. The van der Waals surface area contributed by atoms with Crippen LogP contribution in [0.2, 0.25) is 5.02 Å². The van der Waals surface area contributed by atoms with Gasteiger partial charge >= 0.3 is 5.97 Å². The van der Waals surface area contributed by atoms with Gasteiger partial charge in [-0.15, -0.1) is 0 Å². The van der Waals surface area contributed by atoms with E-state index in [1.54, 1.807) is 12.1 Å². The molecule has 2 atom stereocenters. The van der Waals surface area contributed by atoms with Crippen LogP contribution in [0.1, 0.15) is 32.3 Å².